The molecule has 1 heterocycles. The molecule has 5 rings (SSSR count). The Labute approximate surface area is 115 Å². The van der Waals surface area contributed by atoms with Crippen molar-refractivity contribution in [2.24, 2.45) is 23.7 Å². The summed E-state index contributed by atoms with van der Waals surface area (Å²) in [5.41, 5.74) is -0.297. The highest BCUT2D eigenvalue weighted by atomic mass is 16.2. The van der Waals surface area contributed by atoms with Gasteiger partial charge in [-0.05, 0) is 82.1 Å². The van der Waals surface area contributed by atoms with Crippen molar-refractivity contribution in [1.29, 1.82) is 0 Å². The molecule has 5 fully saturated rings. The molecule has 1 aliphatic heterocycles. The van der Waals surface area contributed by atoms with Gasteiger partial charge >= 0.3 is 0 Å². The molecule has 1 atom stereocenters. The van der Waals surface area contributed by atoms with Gasteiger partial charge in [0.25, 0.3) is 0 Å². The SMILES string of the molecule is CC1(C(=O)NC2C3CC4CC(C3)CC2C4)CCCN1. The lowest BCUT2D eigenvalue weighted by molar-refractivity contribution is -0.130. The highest BCUT2D eigenvalue weighted by Gasteiger charge is 2.49. The summed E-state index contributed by atoms with van der Waals surface area (Å²) in [4.78, 5) is 12.6. The number of hydrogen-bond donors (Lipinski definition) is 2. The number of amides is 1. The minimum absolute atomic E-state index is 0.266. The average Bonchev–Trinajstić information content (AvgIpc) is 2.81. The van der Waals surface area contributed by atoms with Crippen molar-refractivity contribution in [2.75, 3.05) is 6.54 Å². The molecule has 1 saturated heterocycles. The number of carbonyl (C=O) groups is 1. The van der Waals surface area contributed by atoms with E-state index in [1.54, 1.807) is 0 Å². The van der Waals surface area contributed by atoms with Crippen LogP contribution in [0.1, 0.15) is 51.9 Å². The van der Waals surface area contributed by atoms with Crippen LogP contribution in [0.3, 0.4) is 0 Å². The minimum Gasteiger partial charge on any atom is -0.351 e. The highest BCUT2D eigenvalue weighted by Crippen LogP contribution is 2.53. The molecule has 0 aromatic rings. The van der Waals surface area contributed by atoms with Crippen LogP contribution >= 0.6 is 0 Å². The molecule has 4 saturated carbocycles. The minimum atomic E-state index is -0.297. The van der Waals surface area contributed by atoms with Crippen molar-refractivity contribution in [3.8, 4) is 0 Å². The first kappa shape index (κ1) is 12.2. The summed E-state index contributed by atoms with van der Waals surface area (Å²) in [6.45, 7) is 3.07. The van der Waals surface area contributed by atoms with Crippen molar-refractivity contribution in [3.63, 3.8) is 0 Å². The van der Waals surface area contributed by atoms with Crippen LogP contribution in [0, 0.1) is 23.7 Å². The van der Waals surface area contributed by atoms with E-state index in [9.17, 15) is 4.79 Å². The maximum absolute atomic E-state index is 12.6. The second-order valence-electron chi connectivity index (χ2n) is 7.79. The third kappa shape index (κ3) is 1.93. The summed E-state index contributed by atoms with van der Waals surface area (Å²) in [6.07, 6.45) is 9.11. The van der Waals surface area contributed by atoms with Crippen molar-refractivity contribution < 1.29 is 4.79 Å². The molecular weight excluding hydrogens is 236 g/mol. The first-order valence-corrected chi connectivity index (χ1v) is 8.20. The van der Waals surface area contributed by atoms with Gasteiger partial charge in [-0.1, -0.05) is 0 Å². The molecule has 19 heavy (non-hydrogen) atoms. The lowest BCUT2D eigenvalue weighted by Gasteiger charge is -2.54. The predicted octanol–water partition coefficient (Wildman–Crippen LogP) is 2.07. The predicted molar refractivity (Wildman–Crippen MR) is 74.6 cm³/mol. The second kappa shape index (κ2) is 4.21. The van der Waals surface area contributed by atoms with Crippen LogP contribution in [-0.2, 0) is 4.79 Å². The van der Waals surface area contributed by atoms with Gasteiger partial charge in [-0.3, -0.25) is 4.79 Å². The lowest BCUT2D eigenvalue weighted by atomic mass is 9.54. The maximum Gasteiger partial charge on any atom is 0.240 e. The van der Waals surface area contributed by atoms with Gasteiger partial charge in [0.1, 0.15) is 0 Å². The van der Waals surface area contributed by atoms with E-state index in [1.807, 2.05) is 0 Å². The smallest absolute Gasteiger partial charge is 0.240 e. The molecule has 106 valence electrons. The Hall–Kier alpha value is -0.570. The van der Waals surface area contributed by atoms with Crippen LogP contribution in [0.25, 0.3) is 0 Å². The van der Waals surface area contributed by atoms with Gasteiger partial charge in [0.2, 0.25) is 5.91 Å². The molecule has 2 N–H and O–H groups in total. The summed E-state index contributed by atoms with van der Waals surface area (Å²) in [6, 6.07) is 0.486. The van der Waals surface area contributed by atoms with Crippen LogP contribution in [-0.4, -0.2) is 24.0 Å². The van der Waals surface area contributed by atoms with Gasteiger partial charge in [0.05, 0.1) is 5.54 Å². The zero-order valence-electron chi connectivity index (χ0n) is 12.0. The van der Waals surface area contributed by atoms with E-state index in [-0.39, 0.29) is 11.4 Å². The standard InChI is InChI=1S/C16H26N2O/c1-16(3-2-4-17-16)15(19)18-14-12-6-10-5-11(8-12)9-13(14)7-10/h10-14,17H,2-9H2,1H3,(H,18,19). The summed E-state index contributed by atoms with van der Waals surface area (Å²) in [5, 5.41) is 6.84. The Kier molecular flexibility index (Phi) is 2.70. The monoisotopic (exact) mass is 262 g/mol. The van der Waals surface area contributed by atoms with Gasteiger partial charge < -0.3 is 10.6 Å². The fourth-order valence-corrected chi connectivity index (χ4v) is 5.56. The molecule has 1 unspecified atom stereocenters. The first-order chi connectivity index (χ1) is 9.14. The van der Waals surface area contributed by atoms with Crippen LogP contribution in [0.4, 0.5) is 0 Å². The third-order valence-electron chi connectivity index (χ3n) is 6.39. The summed E-state index contributed by atoms with van der Waals surface area (Å²) in [5.74, 6) is 3.80. The number of rotatable bonds is 2. The molecule has 5 aliphatic rings. The van der Waals surface area contributed by atoms with Gasteiger partial charge in [-0.2, -0.15) is 0 Å². The zero-order chi connectivity index (χ0) is 13.0. The van der Waals surface area contributed by atoms with E-state index in [0.717, 1.165) is 43.1 Å². The number of hydrogen-bond acceptors (Lipinski definition) is 2. The Morgan fingerprint density at radius 3 is 2.26 bits per heavy atom. The van der Waals surface area contributed by atoms with E-state index < -0.39 is 0 Å². The first-order valence-electron chi connectivity index (χ1n) is 8.20. The molecule has 0 aromatic carbocycles. The number of carbonyl (C=O) groups excluding carboxylic acids is 1. The molecule has 0 spiro atoms. The molecule has 0 aromatic heterocycles. The number of nitrogens with one attached hydrogen (secondary N) is 2. The van der Waals surface area contributed by atoms with Crippen molar-refractivity contribution in [3.05, 3.63) is 0 Å². The van der Waals surface area contributed by atoms with E-state index in [4.69, 9.17) is 0 Å². The van der Waals surface area contributed by atoms with Crippen LogP contribution in [0.5, 0.6) is 0 Å². The summed E-state index contributed by atoms with van der Waals surface area (Å²) in [7, 11) is 0. The van der Waals surface area contributed by atoms with E-state index in [2.05, 4.69) is 17.6 Å². The molecule has 3 heteroatoms. The van der Waals surface area contributed by atoms with Gasteiger partial charge in [-0.15, -0.1) is 0 Å². The maximum atomic E-state index is 12.6. The topological polar surface area (TPSA) is 41.1 Å². The Bertz CT molecular complexity index is 358. The fourth-order valence-electron chi connectivity index (χ4n) is 5.56. The lowest BCUT2D eigenvalue weighted by Crippen LogP contribution is -2.61. The van der Waals surface area contributed by atoms with Gasteiger partial charge in [0, 0.05) is 6.04 Å². The molecule has 0 radical (unpaired) electrons. The Balaban J connectivity index is 1.47. The Morgan fingerprint density at radius 1 is 1.11 bits per heavy atom. The highest BCUT2D eigenvalue weighted by molar-refractivity contribution is 5.86. The molecular formula is C16H26N2O. The van der Waals surface area contributed by atoms with E-state index in [1.165, 1.54) is 32.1 Å². The van der Waals surface area contributed by atoms with Crippen LogP contribution in [0.15, 0.2) is 0 Å². The molecule has 3 nitrogen and oxygen atoms in total. The van der Waals surface area contributed by atoms with Crippen LogP contribution in [0.2, 0.25) is 0 Å². The average molecular weight is 262 g/mol. The van der Waals surface area contributed by atoms with Crippen molar-refractivity contribution in [1.82, 2.24) is 10.6 Å². The van der Waals surface area contributed by atoms with E-state index in [0.29, 0.717) is 6.04 Å². The van der Waals surface area contributed by atoms with Gasteiger partial charge in [-0.25, -0.2) is 0 Å². The van der Waals surface area contributed by atoms with Crippen LogP contribution < -0.4 is 10.6 Å². The third-order valence-corrected chi connectivity index (χ3v) is 6.39. The quantitative estimate of drug-likeness (QED) is 0.800. The molecule has 1 amide bonds. The fraction of sp³-hybridized carbons (Fsp3) is 0.938. The second-order valence-corrected chi connectivity index (χ2v) is 7.79. The zero-order valence-corrected chi connectivity index (χ0v) is 12.0. The van der Waals surface area contributed by atoms with E-state index >= 15 is 0 Å². The van der Waals surface area contributed by atoms with Crippen molar-refractivity contribution >= 4 is 5.91 Å². The largest absolute Gasteiger partial charge is 0.351 e. The molecule has 4 bridgehead atoms. The Morgan fingerprint density at radius 2 is 1.74 bits per heavy atom. The summed E-state index contributed by atoms with van der Waals surface area (Å²) >= 11 is 0. The van der Waals surface area contributed by atoms with Crippen molar-refractivity contribution in [2.45, 2.75) is 63.5 Å². The summed E-state index contributed by atoms with van der Waals surface area (Å²) < 4.78 is 0. The van der Waals surface area contributed by atoms with Gasteiger partial charge in [0.15, 0.2) is 0 Å². The molecule has 4 aliphatic carbocycles. The normalized spacial score (nSPS) is 51.5.